The van der Waals surface area contributed by atoms with Crippen molar-refractivity contribution in [3.63, 3.8) is 0 Å². The molecular formula is C19H16FN5O2. The summed E-state index contributed by atoms with van der Waals surface area (Å²) in [6, 6.07) is 13.1. The second-order valence-corrected chi connectivity index (χ2v) is 6.05. The highest BCUT2D eigenvalue weighted by Gasteiger charge is 2.32. The topological polar surface area (TPSA) is 80.2 Å². The lowest BCUT2D eigenvalue weighted by atomic mass is 10.1. The lowest BCUT2D eigenvalue weighted by Crippen LogP contribution is -2.57. The first kappa shape index (κ1) is 16.9. The van der Waals surface area contributed by atoms with E-state index in [2.05, 4.69) is 20.5 Å². The van der Waals surface area contributed by atoms with Gasteiger partial charge in [0.15, 0.2) is 5.82 Å². The Balaban J connectivity index is 1.30. The minimum atomic E-state index is -0.295. The maximum atomic E-state index is 13.8. The molecule has 3 aromatic rings. The number of aromatic nitrogens is 3. The molecule has 0 saturated carbocycles. The largest absolute Gasteiger partial charge is 0.471 e. The third kappa shape index (κ3) is 3.84. The lowest BCUT2D eigenvalue weighted by molar-refractivity contribution is 0.0461. The fourth-order valence-electron chi connectivity index (χ4n) is 2.71. The van der Waals surface area contributed by atoms with E-state index in [-0.39, 0.29) is 18.0 Å². The Kier molecular flexibility index (Phi) is 4.61. The van der Waals surface area contributed by atoms with Gasteiger partial charge in [-0.25, -0.2) is 14.2 Å². The van der Waals surface area contributed by atoms with Crippen LogP contribution >= 0.6 is 0 Å². The highest BCUT2D eigenvalue weighted by molar-refractivity contribution is 5.88. The zero-order chi connectivity index (χ0) is 18.6. The van der Waals surface area contributed by atoms with Crippen molar-refractivity contribution >= 4 is 11.8 Å². The van der Waals surface area contributed by atoms with Gasteiger partial charge in [-0.05, 0) is 24.3 Å². The normalized spacial score (nSPS) is 13.7. The second-order valence-electron chi connectivity index (χ2n) is 6.05. The van der Waals surface area contributed by atoms with E-state index in [4.69, 9.17) is 4.74 Å². The summed E-state index contributed by atoms with van der Waals surface area (Å²) in [7, 11) is 0. The number of rotatable bonds is 4. The van der Waals surface area contributed by atoms with Crippen LogP contribution in [0.5, 0.6) is 5.88 Å². The van der Waals surface area contributed by atoms with Gasteiger partial charge in [-0.1, -0.05) is 18.2 Å². The number of nitrogens with one attached hydrogen (secondary N) is 1. The molecule has 0 unspecified atom stereocenters. The predicted octanol–water partition coefficient (Wildman–Crippen LogP) is 2.97. The maximum Gasteiger partial charge on any atom is 0.323 e. The number of likely N-dealkylation sites (tertiary alicyclic amines) is 1. The molecule has 3 heterocycles. The summed E-state index contributed by atoms with van der Waals surface area (Å²) >= 11 is 0. The van der Waals surface area contributed by atoms with E-state index in [9.17, 15) is 9.18 Å². The van der Waals surface area contributed by atoms with Crippen molar-refractivity contribution in [1.29, 1.82) is 0 Å². The summed E-state index contributed by atoms with van der Waals surface area (Å²) in [5.41, 5.74) is 1.17. The Labute approximate surface area is 154 Å². The number of amides is 2. The Hall–Kier alpha value is -3.55. The fourth-order valence-corrected chi connectivity index (χ4v) is 2.71. The Morgan fingerprint density at radius 1 is 1.15 bits per heavy atom. The van der Waals surface area contributed by atoms with Crippen LogP contribution in [-0.4, -0.2) is 45.3 Å². The molecule has 4 rings (SSSR count). The first-order valence-corrected chi connectivity index (χ1v) is 8.40. The minimum Gasteiger partial charge on any atom is -0.471 e. The van der Waals surface area contributed by atoms with Crippen LogP contribution in [0.15, 0.2) is 60.9 Å². The van der Waals surface area contributed by atoms with Crippen molar-refractivity contribution < 1.29 is 13.9 Å². The SMILES string of the molecule is O=C(Nc1cccnn1)N1CC(Oc2ccc(-c3ccccc3F)cn2)C1. The van der Waals surface area contributed by atoms with Crippen molar-refractivity contribution in [2.24, 2.45) is 0 Å². The average molecular weight is 365 g/mol. The summed E-state index contributed by atoms with van der Waals surface area (Å²) < 4.78 is 19.6. The molecule has 1 N–H and O–H groups in total. The molecule has 2 amide bonds. The molecule has 0 radical (unpaired) electrons. The van der Waals surface area contributed by atoms with Crippen molar-refractivity contribution in [2.45, 2.75) is 6.10 Å². The molecule has 2 aromatic heterocycles. The zero-order valence-corrected chi connectivity index (χ0v) is 14.2. The highest BCUT2D eigenvalue weighted by atomic mass is 19.1. The molecule has 1 aromatic carbocycles. The van der Waals surface area contributed by atoms with Crippen LogP contribution in [0.25, 0.3) is 11.1 Å². The van der Waals surface area contributed by atoms with Gasteiger partial charge in [0.25, 0.3) is 0 Å². The maximum absolute atomic E-state index is 13.8. The van der Waals surface area contributed by atoms with Gasteiger partial charge in [-0.15, -0.1) is 5.10 Å². The smallest absolute Gasteiger partial charge is 0.323 e. The average Bonchev–Trinajstić information content (AvgIpc) is 2.66. The molecule has 27 heavy (non-hydrogen) atoms. The number of urea groups is 1. The molecule has 1 aliphatic rings. The quantitative estimate of drug-likeness (QED) is 0.769. The Morgan fingerprint density at radius 3 is 2.70 bits per heavy atom. The number of carbonyl (C=O) groups is 1. The number of hydrogen-bond acceptors (Lipinski definition) is 5. The van der Waals surface area contributed by atoms with Crippen molar-refractivity contribution in [2.75, 3.05) is 18.4 Å². The number of carbonyl (C=O) groups excluding carboxylic acids is 1. The summed E-state index contributed by atoms with van der Waals surface area (Å²) in [5, 5.41) is 10.2. The van der Waals surface area contributed by atoms with E-state index in [0.717, 1.165) is 0 Å². The van der Waals surface area contributed by atoms with Gasteiger partial charge in [0.05, 0.1) is 13.1 Å². The minimum absolute atomic E-state index is 0.135. The molecular weight excluding hydrogens is 349 g/mol. The van der Waals surface area contributed by atoms with Crippen LogP contribution < -0.4 is 10.1 Å². The summed E-state index contributed by atoms with van der Waals surface area (Å²) in [4.78, 5) is 17.9. The van der Waals surface area contributed by atoms with Crippen LogP contribution in [0, 0.1) is 5.82 Å². The van der Waals surface area contributed by atoms with E-state index in [1.807, 2.05) is 0 Å². The molecule has 1 fully saturated rings. The van der Waals surface area contributed by atoms with Gasteiger partial charge < -0.3 is 9.64 Å². The van der Waals surface area contributed by atoms with Gasteiger partial charge in [0.2, 0.25) is 5.88 Å². The van der Waals surface area contributed by atoms with E-state index < -0.39 is 0 Å². The Bertz CT molecular complexity index is 930. The van der Waals surface area contributed by atoms with E-state index >= 15 is 0 Å². The van der Waals surface area contributed by atoms with Crippen LogP contribution in [-0.2, 0) is 0 Å². The molecule has 0 bridgehead atoms. The van der Waals surface area contributed by atoms with Gasteiger partial charge in [-0.2, -0.15) is 5.10 Å². The van der Waals surface area contributed by atoms with E-state index in [0.29, 0.717) is 35.9 Å². The molecule has 0 atom stereocenters. The molecule has 136 valence electrons. The number of ether oxygens (including phenoxy) is 1. The van der Waals surface area contributed by atoms with Gasteiger partial charge in [0.1, 0.15) is 11.9 Å². The number of nitrogens with zero attached hydrogens (tertiary/aromatic N) is 4. The molecule has 7 nitrogen and oxygen atoms in total. The first-order valence-electron chi connectivity index (χ1n) is 8.40. The fraction of sp³-hybridized carbons (Fsp3) is 0.158. The van der Waals surface area contributed by atoms with E-state index in [1.54, 1.807) is 53.6 Å². The van der Waals surface area contributed by atoms with Crippen molar-refractivity contribution in [3.05, 3.63) is 66.7 Å². The number of benzene rings is 1. The van der Waals surface area contributed by atoms with Gasteiger partial charge in [-0.3, -0.25) is 5.32 Å². The van der Waals surface area contributed by atoms with Crippen molar-refractivity contribution in [1.82, 2.24) is 20.1 Å². The zero-order valence-electron chi connectivity index (χ0n) is 14.2. The Morgan fingerprint density at radius 2 is 2.00 bits per heavy atom. The first-order chi connectivity index (χ1) is 13.2. The summed E-state index contributed by atoms with van der Waals surface area (Å²) in [5.74, 6) is 0.545. The molecule has 8 heteroatoms. The summed E-state index contributed by atoms with van der Waals surface area (Å²) in [6.45, 7) is 0.895. The van der Waals surface area contributed by atoms with Crippen molar-refractivity contribution in [3.8, 4) is 17.0 Å². The van der Waals surface area contributed by atoms with Gasteiger partial charge in [0, 0.05) is 29.6 Å². The van der Waals surface area contributed by atoms with Gasteiger partial charge >= 0.3 is 6.03 Å². The molecule has 0 spiro atoms. The second kappa shape index (κ2) is 7.36. The van der Waals surface area contributed by atoms with Crippen LogP contribution in [0.3, 0.4) is 0 Å². The van der Waals surface area contributed by atoms with Crippen LogP contribution in [0.4, 0.5) is 15.0 Å². The predicted molar refractivity (Wildman–Crippen MR) is 96.7 cm³/mol. The standard InChI is InChI=1S/C19H16FN5O2/c20-16-5-2-1-4-15(16)13-7-8-18(21-10-13)27-14-11-25(12-14)19(26)23-17-6-3-9-22-24-17/h1-10,14H,11-12H2,(H,23,24,26). The third-order valence-electron chi connectivity index (χ3n) is 4.15. The van der Waals surface area contributed by atoms with Crippen LogP contribution in [0.2, 0.25) is 0 Å². The molecule has 1 aliphatic heterocycles. The number of hydrogen-bond donors (Lipinski definition) is 1. The van der Waals surface area contributed by atoms with E-state index in [1.165, 1.54) is 12.3 Å². The number of pyridine rings is 1. The lowest BCUT2D eigenvalue weighted by Gasteiger charge is -2.38. The monoisotopic (exact) mass is 365 g/mol. The summed E-state index contributed by atoms with van der Waals surface area (Å²) in [6.07, 6.45) is 2.97. The number of anilines is 1. The highest BCUT2D eigenvalue weighted by Crippen LogP contribution is 2.24. The molecule has 1 saturated heterocycles. The molecule has 0 aliphatic carbocycles. The third-order valence-corrected chi connectivity index (χ3v) is 4.15. The van der Waals surface area contributed by atoms with Crippen LogP contribution in [0.1, 0.15) is 0 Å². The number of halogens is 1.